The van der Waals surface area contributed by atoms with E-state index in [1.54, 1.807) is 35.4 Å². The van der Waals surface area contributed by atoms with E-state index in [4.69, 9.17) is 29.9 Å². The molecule has 2 aromatic carbocycles. The number of furan rings is 1. The molecule has 38 heavy (non-hydrogen) atoms. The van der Waals surface area contributed by atoms with Crippen LogP contribution in [0.3, 0.4) is 0 Å². The van der Waals surface area contributed by atoms with Gasteiger partial charge in [0, 0.05) is 5.02 Å². The summed E-state index contributed by atoms with van der Waals surface area (Å²) in [6, 6.07) is 11.7. The summed E-state index contributed by atoms with van der Waals surface area (Å²) in [6.07, 6.45) is 2.46. The molecule has 5 rings (SSSR count). The van der Waals surface area contributed by atoms with Gasteiger partial charge in [0.05, 0.1) is 43.0 Å². The first-order chi connectivity index (χ1) is 18.3. The number of hydrogen-bond donors (Lipinski definition) is 0. The van der Waals surface area contributed by atoms with Gasteiger partial charge in [0.15, 0.2) is 16.9 Å². The predicted molar refractivity (Wildman–Crippen MR) is 145 cm³/mol. The zero-order valence-corrected chi connectivity index (χ0v) is 22.6. The molecule has 0 saturated carbocycles. The number of carbonyl (C=O) groups is 1. The molecule has 1 unspecified atom stereocenters. The summed E-state index contributed by atoms with van der Waals surface area (Å²) in [7, 11) is 0. The number of hydrogen-bond acceptors (Lipinski definition) is 6. The molecule has 3 heterocycles. The third-order valence-corrected chi connectivity index (χ3v) is 7.10. The lowest BCUT2D eigenvalue weighted by Crippen LogP contribution is -2.29. The topological polar surface area (TPSA) is 82.1 Å². The molecule has 0 radical (unpaired) electrons. The van der Waals surface area contributed by atoms with E-state index in [9.17, 15) is 9.59 Å². The maximum atomic E-state index is 13.9. The molecule has 0 N–H and O–H groups in total. The Morgan fingerprint density at radius 3 is 2.61 bits per heavy atom. The molecule has 0 spiro atoms. The molecule has 198 valence electrons. The Bertz CT molecular complexity index is 1540. The maximum absolute atomic E-state index is 13.9. The smallest absolute Gasteiger partial charge is 0.291 e. The highest BCUT2D eigenvalue weighted by molar-refractivity contribution is 6.32. The Labute approximate surface area is 225 Å². The van der Waals surface area contributed by atoms with Crippen LogP contribution in [0.15, 0.2) is 62.4 Å². The Balaban J connectivity index is 1.65. The number of aryl methyl sites for hydroxylation is 1. The molecule has 8 heteroatoms. The molecule has 4 aromatic rings. The summed E-state index contributed by atoms with van der Waals surface area (Å²) in [4.78, 5) is 29.2. The van der Waals surface area contributed by atoms with Gasteiger partial charge in [-0.2, -0.15) is 0 Å². The fourth-order valence-electron chi connectivity index (χ4n) is 4.71. The van der Waals surface area contributed by atoms with Crippen molar-refractivity contribution in [2.45, 2.75) is 46.7 Å². The van der Waals surface area contributed by atoms with Crippen molar-refractivity contribution < 1.29 is 23.1 Å². The number of rotatable bonds is 9. The lowest BCUT2D eigenvalue weighted by Gasteiger charge is -2.25. The zero-order chi connectivity index (χ0) is 27.0. The number of carbonyl (C=O) groups excluding carboxylic acids is 1. The quantitative estimate of drug-likeness (QED) is 0.231. The van der Waals surface area contributed by atoms with E-state index in [1.165, 1.54) is 0 Å². The van der Waals surface area contributed by atoms with Gasteiger partial charge >= 0.3 is 0 Å². The van der Waals surface area contributed by atoms with Gasteiger partial charge in [-0.3, -0.25) is 9.59 Å². The van der Waals surface area contributed by atoms with Crippen LogP contribution in [0.1, 0.15) is 66.2 Å². The molecular weight excluding hydrogens is 506 g/mol. The fraction of sp³-hybridized carbons (Fsp3) is 0.333. The van der Waals surface area contributed by atoms with Crippen molar-refractivity contribution in [2.75, 3.05) is 13.2 Å². The van der Waals surface area contributed by atoms with Crippen LogP contribution in [0.2, 0.25) is 5.02 Å². The first-order valence-corrected chi connectivity index (χ1v) is 13.2. The van der Waals surface area contributed by atoms with Crippen molar-refractivity contribution in [1.29, 1.82) is 0 Å². The summed E-state index contributed by atoms with van der Waals surface area (Å²) < 4.78 is 23.5. The molecular formula is C30H30ClNO6. The Morgan fingerprint density at radius 2 is 1.89 bits per heavy atom. The van der Waals surface area contributed by atoms with Crippen LogP contribution >= 0.6 is 11.6 Å². The van der Waals surface area contributed by atoms with Gasteiger partial charge < -0.3 is 23.2 Å². The van der Waals surface area contributed by atoms with E-state index in [1.807, 2.05) is 32.0 Å². The second-order valence-electron chi connectivity index (χ2n) is 9.86. The number of nitrogens with zero attached hydrogens (tertiary/aromatic N) is 1. The first kappa shape index (κ1) is 25.9. The minimum absolute atomic E-state index is 0.0241. The van der Waals surface area contributed by atoms with E-state index in [-0.39, 0.29) is 29.2 Å². The molecule has 0 saturated heterocycles. The Hall–Kier alpha value is -3.71. The predicted octanol–water partition coefficient (Wildman–Crippen LogP) is 6.92. The lowest BCUT2D eigenvalue weighted by atomic mass is 9.97. The minimum atomic E-state index is -0.716. The molecule has 1 aliphatic heterocycles. The molecule has 1 amide bonds. The second-order valence-corrected chi connectivity index (χ2v) is 10.3. The van der Waals surface area contributed by atoms with Gasteiger partial charge in [0.1, 0.15) is 11.3 Å². The average molecular weight is 536 g/mol. The van der Waals surface area contributed by atoms with Crippen LogP contribution in [-0.2, 0) is 6.54 Å². The van der Waals surface area contributed by atoms with Crippen LogP contribution in [-0.4, -0.2) is 24.0 Å². The summed E-state index contributed by atoms with van der Waals surface area (Å²) in [6.45, 7) is 9.15. The highest BCUT2D eigenvalue weighted by Gasteiger charge is 2.43. The van der Waals surface area contributed by atoms with E-state index in [0.717, 1.165) is 12.0 Å². The van der Waals surface area contributed by atoms with Gasteiger partial charge in [-0.25, -0.2) is 0 Å². The molecule has 1 atom stereocenters. The third-order valence-electron chi connectivity index (χ3n) is 6.69. The van der Waals surface area contributed by atoms with Gasteiger partial charge in [0.25, 0.3) is 5.91 Å². The highest BCUT2D eigenvalue weighted by Crippen LogP contribution is 2.42. The van der Waals surface area contributed by atoms with Crippen molar-refractivity contribution in [2.24, 2.45) is 5.92 Å². The van der Waals surface area contributed by atoms with E-state index >= 15 is 0 Å². The third kappa shape index (κ3) is 4.78. The van der Waals surface area contributed by atoms with E-state index in [2.05, 4.69) is 13.8 Å². The number of fused-ring (bicyclic) bond motifs is 2. The van der Waals surface area contributed by atoms with Crippen molar-refractivity contribution >= 4 is 28.5 Å². The van der Waals surface area contributed by atoms with Crippen molar-refractivity contribution in [3.63, 3.8) is 0 Å². The minimum Gasteiger partial charge on any atom is -0.490 e. The van der Waals surface area contributed by atoms with Gasteiger partial charge in [-0.05, 0) is 73.7 Å². The normalized spacial score (nSPS) is 14.9. The highest BCUT2D eigenvalue weighted by atomic mass is 35.5. The van der Waals surface area contributed by atoms with Gasteiger partial charge in [-0.15, -0.1) is 0 Å². The van der Waals surface area contributed by atoms with Crippen LogP contribution < -0.4 is 14.9 Å². The van der Waals surface area contributed by atoms with Crippen LogP contribution in [0.4, 0.5) is 0 Å². The number of benzene rings is 2. The second kappa shape index (κ2) is 10.6. The Kier molecular flexibility index (Phi) is 7.21. The maximum Gasteiger partial charge on any atom is 0.291 e. The summed E-state index contributed by atoms with van der Waals surface area (Å²) in [5.74, 6) is 1.90. The van der Waals surface area contributed by atoms with Crippen LogP contribution in [0.25, 0.3) is 11.0 Å². The standard InChI is InChI=1S/C30H30ClNO6/c1-5-35-25-14-19(8-9-23(25)37-12-10-17(2)3)27-26-28(33)21-15-22(31)18(4)13-24(21)38-29(26)30(34)32(27)16-20-7-6-11-36-20/h6-9,11,13-15,17,27H,5,10,12,16H2,1-4H3. The number of halogens is 1. The summed E-state index contributed by atoms with van der Waals surface area (Å²) in [5, 5.41) is 0.787. The number of ether oxygens (including phenoxy) is 2. The van der Waals surface area contributed by atoms with Crippen LogP contribution in [0.5, 0.6) is 11.5 Å². The van der Waals surface area contributed by atoms with Gasteiger partial charge in [-0.1, -0.05) is 31.5 Å². The van der Waals surface area contributed by atoms with Gasteiger partial charge in [0.2, 0.25) is 5.76 Å². The van der Waals surface area contributed by atoms with Crippen LogP contribution in [0, 0.1) is 12.8 Å². The largest absolute Gasteiger partial charge is 0.490 e. The zero-order valence-electron chi connectivity index (χ0n) is 21.9. The molecule has 1 aliphatic rings. The van der Waals surface area contributed by atoms with E-state index in [0.29, 0.717) is 57.9 Å². The average Bonchev–Trinajstić information content (AvgIpc) is 3.49. The molecule has 0 bridgehead atoms. The lowest BCUT2D eigenvalue weighted by molar-refractivity contribution is 0.0701. The molecule has 7 nitrogen and oxygen atoms in total. The SMILES string of the molecule is CCOc1cc(C2c3c(oc4cc(C)c(Cl)cc4c3=O)C(=O)N2Cc2ccco2)ccc1OCCC(C)C. The Morgan fingerprint density at radius 1 is 1.08 bits per heavy atom. The van der Waals surface area contributed by atoms with Crippen molar-refractivity contribution in [3.05, 3.63) is 92.2 Å². The molecule has 2 aromatic heterocycles. The fourth-order valence-corrected chi connectivity index (χ4v) is 4.87. The van der Waals surface area contributed by atoms with E-state index < -0.39 is 6.04 Å². The summed E-state index contributed by atoms with van der Waals surface area (Å²) >= 11 is 6.35. The monoisotopic (exact) mass is 535 g/mol. The first-order valence-electron chi connectivity index (χ1n) is 12.8. The summed E-state index contributed by atoms with van der Waals surface area (Å²) in [5.41, 5.74) is 1.76. The molecule has 0 fully saturated rings. The van der Waals surface area contributed by atoms with Crippen molar-refractivity contribution in [3.8, 4) is 11.5 Å². The van der Waals surface area contributed by atoms with Crippen molar-refractivity contribution in [1.82, 2.24) is 4.90 Å². The molecule has 0 aliphatic carbocycles. The number of amides is 1.